The van der Waals surface area contributed by atoms with Gasteiger partial charge in [0.05, 0.1) is 11.2 Å². The van der Waals surface area contributed by atoms with Gasteiger partial charge < -0.3 is 9.31 Å². The molecule has 0 radical (unpaired) electrons. The Bertz CT molecular complexity index is 1820. The van der Waals surface area contributed by atoms with Crippen LogP contribution in [0.5, 0.6) is 0 Å². The molecule has 4 aromatic carbocycles. The molecule has 2 aliphatic carbocycles. The van der Waals surface area contributed by atoms with Crippen molar-refractivity contribution in [2.24, 2.45) is 0 Å². The SMILES string of the molecule is CCCCCCC1(CCCCCC)c2ccccc2-c2ccc(-c3ccc4c(c3)C(C)(C)c3cc(B5OC(C)(C)C(C)(C)O5)ccc3-4)cc21. The molecular formula is C46H57BO2. The van der Waals surface area contributed by atoms with Gasteiger partial charge in [0.1, 0.15) is 0 Å². The average molecular weight is 653 g/mol. The van der Waals surface area contributed by atoms with Crippen molar-refractivity contribution in [2.75, 3.05) is 0 Å². The van der Waals surface area contributed by atoms with Crippen molar-refractivity contribution >= 4 is 12.6 Å². The zero-order valence-electron chi connectivity index (χ0n) is 31.5. The molecule has 1 heterocycles. The van der Waals surface area contributed by atoms with Crippen LogP contribution in [0.2, 0.25) is 0 Å². The Morgan fingerprint density at radius 2 is 0.980 bits per heavy atom. The van der Waals surface area contributed by atoms with Crippen molar-refractivity contribution < 1.29 is 9.31 Å². The van der Waals surface area contributed by atoms with Crippen molar-refractivity contribution in [1.82, 2.24) is 0 Å². The van der Waals surface area contributed by atoms with Gasteiger partial charge in [-0.1, -0.05) is 146 Å². The van der Waals surface area contributed by atoms with Crippen LogP contribution in [0.4, 0.5) is 0 Å². The van der Waals surface area contributed by atoms with Crippen LogP contribution in [0.3, 0.4) is 0 Å². The van der Waals surface area contributed by atoms with Gasteiger partial charge in [-0.15, -0.1) is 0 Å². The first-order chi connectivity index (χ1) is 23.4. The fourth-order valence-corrected chi connectivity index (χ4v) is 9.07. The van der Waals surface area contributed by atoms with Gasteiger partial charge in [-0.25, -0.2) is 0 Å². The van der Waals surface area contributed by atoms with Gasteiger partial charge in [-0.2, -0.15) is 0 Å². The molecule has 0 bridgehead atoms. The van der Waals surface area contributed by atoms with Crippen LogP contribution in [-0.2, 0) is 20.1 Å². The van der Waals surface area contributed by atoms with E-state index in [-0.39, 0.29) is 29.2 Å². The number of benzene rings is 4. The topological polar surface area (TPSA) is 18.5 Å². The molecule has 0 atom stereocenters. The minimum atomic E-state index is -0.357. The van der Waals surface area contributed by atoms with E-state index in [0.29, 0.717) is 0 Å². The van der Waals surface area contributed by atoms with Crippen LogP contribution in [-0.4, -0.2) is 18.3 Å². The molecule has 0 aromatic heterocycles. The van der Waals surface area contributed by atoms with Crippen LogP contribution < -0.4 is 5.46 Å². The molecule has 0 spiro atoms. The van der Waals surface area contributed by atoms with Crippen molar-refractivity contribution in [3.63, 3.8) is 0 Å². The third-order valence-electron chi connectivity index (χ3n) is 12.7. The van der Waals surface area contributed by atoms with Crippen molar-refractivity contribution in [1.29, 1.82) is 0 Å². The third kappa shape index (κ3) is 5.74. The fraction of sp³-hybridized carbons (Fsp3) is 0.478. The standard InChI is InChI=1S/C46H57BO2/c1-9-11-13-17-27-46(28-18-14-12-10-2)39-20-16-15-19-35(39)38-25-22-33(30-42(38)46)32-21-24-36-37-26-23-34(31-41(37)43(3,4)40(36)29-32)47-48-44(5,6)45(7,8)49-47/h15-16,19-26,29-31H,9-14,17-18,27-28H2,1-8H3. The number of unbranched alkanes of at least 4 members (excludes halogenated alkanes) is 6. The molecule has 0 saturated carbocycles. The largest absolute Gasteiger partial charge is 0.494 e. The van der Waals surface area contributed by atoms with Crippen molar-refractivity contribution in [2.45, 2.75) is 142 Å². The lowest BCUT2D eigenvalue weighted by Crippen LogP contribution is -2.41. The lowest BCUT2D eigenvalue weighted by molar-refractivity contribution is 0.00578. The van der Waals surface area contributed by atoms with Gasteiger partial charge in [-0.3, -0.25) is 0 Å². The molecule has 0 N–H and O–H groups in total. The summed E-state index contributed by atoms with van der Waals surface area (Å²) in [6.45, 7) is 17.9. The highest BCUT2D eigenvalue weighted by molar-refractivity contribution is 6.62. The summed E-state index contributed by atoms with van der Waals surface area (Å²) >= 11 is 0. The van der Waals surface area contributed by atoms with E-state index in [1.807, 2.05) is 0 Å². The van der Waals surface area contributed by atoms with E-state index in [1.165, 1.54) is 109 Å². The monoisotopic (exact) mass is 652 g/mol. The predicted molar refractivity (Wildman–Crippen MR) is 209 cm³/mol. The first-order valence-electron chi connectivity index (χ1n) is 19.3. The molecule has 1 fully saturated rings. The second-order valence-electron chi connectivity index (χ2n) is 16.8. The molecule has 0 amide bonds. The van der Waals surface area contributed by atoms with Crippen LogP contribution >= 0.6 is 0 Å². The summed E-state index contributed by atoms with van der Waals surface area (Å²) in [4.78, 5) is 0. The minimum absolute atomic E-state index is 0.0968. The van der Waals surface area contributed by atoms with E-state index >= 15 is 0 Å². The first-order valence-corrected chi connectivity index (χ1v) is 19.3. The normalized spacial score (nSPS) is 18.7. The molecule has 7 rings (SSSR count). The highest BCUT2D eigenvalue weighted by Crippen LogP contribution is 2.55. The molecule has 49 heavy (non-hydrogen) atoms. The Morgan fingerprint density at radius 3 is 1.57 bits per heavy atom. The molecule has 0 unspecified atom stereocenters. The molecular weight excluding hydrogens is 595 g/mol. The predicted octanol–water partition coefficient (Wildman–Crippen LogP) is 12.2. The maximum absolute atomic E-state index is 6.46. The van der Waals surface area contributed by atoms with E-state index in [0.717, 1.165) is 5.46 Å². The van der Waals surface area contributed by atoms with E-state index < -0.39 is 0 Å². The zero-order chi connectivity index (χ0) is 34.6. The second-order valence-corrected chi connectivity index (χ2v) is 16.8. The van der Waals surface area contributed by atoms with Gasteiger partial charge in [0, 0.05) is 10.8 Å². The smallest absolute Gasteiger partial charge is 0.399 e. The summed E-state index contributed by atoms with van der Waals surface area (Å²) in [7, 11) is -0.356. The summed E-state index contributed by atoms with van der Waals surface area (Å²) in [5, 5.41) is 0. The Balaban J connectivity index is 1.25. The Kier molecular flexibility index (Phi) is 9.02. The van der Waals surface area contributed by atoms with Gasteiger partial charge in [-0.05, 0) is 114 Å². The fourth-order valence-electron chi connectivity index (χ4n) is 9.07. The van der Waals surface area contributed by atoms with Gasteiger partial charge in [0.15, 0.2) is 0 Å². The van der Waals surface area contributed by atoms with E-state index in [4.69, 9.17) is 9.31 Å². The minimum Gasteiger partial charge on any atom is -0.399 e. The second kappa shape index (κ2) is 12.9. The van der Waals surface area contributed by atoms with Crippen LogP contribution in [0.25, 0.3) is 33.4 Å². The van der Waals surface area contributed by atoms with Crippen LogP contribution in [0.15, 0.2) is 78.9 Å². The summed E-state index contributed by atoms with van der Waals surface area (Å²) in [5.41, 5.74) is 14.5. The highest BCUT2D eigenvalue weighted by atomic mass is 16.7. The lowest BCUT2D eigenvalue weighted by atomic mass is 9.70. The molecule has 1 saturated heterocycles. The van der Waals surface area contributed by atoms with Gasteiger partial charge in [0.2, 0.25) is 0 Å². The van der Waals surface area contributed by atoms with E-state index in [9.17, 15) is 0 Å². The number of fused-ring (bicyclic) bond motifs is 6. The van der Waals surface area contributed by atoms with Crippen LogP contribution in [0, 0.1) is 0 Å². The first kappa shape index (κ1) is 34.3. The average Bonchev–Trinajstić information content (AvgIpc) is 3.59. The molecule has 2 nitrogen and oxygen atoms in total. The van der Waals surface area contributed by atoms with Gasteiger partial charge >= 0.3 is 7.12 Å². The highest BCUT2D eigenvalue weighted by Gasteiger charge is 2.52. The molecule has 3 heteroatoms. The van der Waals surface area contributed by atoms with Crippen molar-refractivity contribution in [3.8, 4) is 33.4 Å². The number of hydrogen-bond donors (Lipinski definition) is 0. The lowest BCUT2D eigenvalue weighted by Gasteiger charge is -2.33. The summed E-state index contributed by atoms with van der Waals surface area (Å²) < 4.78 is 12.9. The van der Waals surface area contributed by atoms with E-state index in [2.05, 4.69) is 134 Å². The molecule has 3 aliphatic rings. The summed E-state index contributed by atoms with van der Waals surface area (Å²) in [5.74, 6) is 0. The number of rotatable bonds is 12. The Morgan fingerprint density at radius 1 is 0.490 bits per heavy atom. The maximum atomic E-state index is 6.46. The molecule has 256 valence electrons. The molecule has 1 aliphatic heterocycles. The summed E-state index contributed by atoms with van der Waals surface area (Å²) in [6, 6.07) is 30.8. The van der Waals surface area contributed by atoms with E-state index in [1.54, 1.807) is 11.1 Å². The Labute approximate surface area is 297 Å². The van der Waals surface area contributed by atoms with Crippen molar-refractivity contribution in [3.05, 3.63) is 101 Å². The Hall–Kier alpha value is -3.14. The number of hydrogen-bond acceptors (Lipinski definition) is 2. The third-order valence-corrected chi connectivity index (χ3v) is 12.7. The quantitative estimate of drug-likeness (QED) is 0.112. The summed E-state index contributed by atoms with van der Waals surface area (Å²) in [6.07, 6.45) is 12.9. The van der Waals surface area contributed by atoms with Crippen LogP contribution in [0.1, 0.15) is 142 Å². The van der Waals surface area contributed by atoms with Gasteiger partial charge in [0.25, 0.3) is 0 Å². The molecule has 4 aromatic rings. The zero-order valence-corrected chi connectivity index (χ0v) is 31.5. The maximum Gasteiger partial charge on any atom is 0.494 e.